The van der Waals surface area contributed by atoms with Crippen molar-refractivity contribution >= 4 is 11.6 Å². The van der Waals surface area contributed by atoms with Gasteiger partial charge in [0, 0.05) is 26.2 Å². The Morgan fingerprint density at radius 1 is 0.833 bits per heavy atom. The van der Waals surface area contributed by atoms with Crippen LogP contribution < -0.4 is 14.8 Å². The molecule has 1 aliphatic rings. The fourth-order valence-corrected chi connectivity index (χ4v) is 3.53. The van der Waals surface area contributed by atoms with Gasteiger partial charge in [0.2, 0.25) is 0 Å². The van der Waals surface area contributed by atoms with Crippen LogP contribution >= 0.6 is 11.6 Å². The van der Waals surface area contributed by atoms with E-state index in [0.29, 0.717) is 37.3 Å². The van der Waals surface area contributed by atoms with Crippen LogP contribution in [0.3, 0.4) is 0 Å². The first-order valence-electron chi connectivity index (χ1n) is 8.87. The van der Waals surface area contributed by atoms with Gasteiger partial charge >= 0.3 is 12.7 Å². The quantitative estimate of drug-likeness (QED) is 0.635. The lowest BCUT2D eigenvalue weighted by Gasteiger charge is -2.35. The molecule has 1 N–H and O–H groups in total. The number of nitrogens with zero attached hydrogens (tertiary/aromatic N) is 1. The highest BCUT2D eigenvalue weighted by Gasteiger charge is 2.33. The lowest BCUT2D eigenvalue weighted by atomic mass is 9.96. The Hall–Kier alpha value is -2.17. The molecule has 2 aromatic rings. The van der Waals surface area contributed by atoms with Gasteiger partial charge in [-0.25, -0.2) is 0 Å². The minimum atomic E-state index is -4.88. The summed E-state index contributed by atoms with van der Waals surface area (Å²) in [4.78, 5) is 2.06. The van der Waals surface area contributed by atoms with Crippen LogP contribution in [0.2, 0.25) is 5.02 Å². The highest BCUT2D eigenvalue weighted by Crippen LogP contribution is 2.36. The number of rotatable bonds is 5. The smallest absolute Gasteiger partial charge is 0.406 e. The molecule has 164 valence electrons. The summed E-state index contributed by atoms with van der Waals surface area (Å²) < 4.78 is 82.5. The monoisotopic (exact) mass is 454 g/mol. The van der Waals surface area contributed by atoms with E-state index in [4.69, 9.17) is 11.6 Å². The number of piperazine rings is 1. The molecular formula is C19H17ClF6N2O2. The van der Waals surface area contributed by atoms with Gasteiger partial charge in [-0.2, -0.15) is 0 Å². The van der Waals surface area contributed by atoms with E-state index in [1.54, 1.807) is 0 Å². The number of hydrogen-bond donors (Lipinski definition) is 1. The molecular weight excluding hydrogens is 438 g/mol. The van der Waals surface area contributed by atoms with Crippen LogP contribution in [0.5, 0.6) is 11.5 Å². The van der Waals surface area contributed by atoms with E-state index in [9.17, 15) is 26.3 Å². The highest BCUT2D eigenvalue weighted by molar-refractivity contribution is 6.32. The van der Waals surface area contributed by atoms with E-state index in [-0.39, 0.29) is 10.8 Å². The Kier molecular flexibility index (Phi) is 6.68. The Labute approximate surface area is 173 Å². The molecule has 1 atom stereocenters. The predicted molar refractivity (Wildman–Crippen MR) is 97.5 cm³/mol. The molecule has 4 nitrogen and oxygen atoms in total. The second-order valence-corrected chi connectivity index (χ2v) is 6.95. The number of benzene rings is 2. The van der Waals surface area contributed by atoms with Crippen LogP contribution in [0.15, 0.2) is 42.5 Å². The zero-order chi connectivity index (χ0) is 21.9. The Balaban J connectivity index is 1.92. The Morgan fingerprint density at radius 3 is 1.93 bits per heavy atom. The molecule has 1 saturated heterocycles. The van der Waals surface area contributed by atoms with Gasteiger partial charge in [-0.15, -0.1) is 26.3 Å². The standard InChI is InChI=1S/C19H17ClF6N2O2/c20-15-11-13(3-6-16(15)30-19(24,25)26)17(28-9-7-27-8-10-28)12-1-4-14(5-2-12)29-18(21,22)23/h1-6,11,17,27H,7-10H2/t17-/m1/s1. The van der Waals surface area contributed by atoms with Crippen molar-refractivity contribution in [3.05, 3.63) is 58.6 Å². The maximum absolute atomic E-state index is 12.5. The SMILES string of the molecule is FC(F)(F)Oc1ccc([C@H](c2ccc(OC(F)(F)F)c(Cl)c2)N2CCNCC2)cc1. The van der Waals surface area contributed by atoms with Crippen molar-refractivity contribution < 1.29 is 35.8 Å². The topological polar surface area (TPSA) is 33.7 Å². The molecule has 11 heteroatoms. The summed E-state index contributed by atoms with van der Waals surface area (Å²) in [6.45, 7) is 2.64. The van der Waals surface area contributed by atoms with Crippen LogP contribution in [-0.4, -0.2) is 43.8 Å². The molecule has 1 heterocycles. The van der Waals surface area contributed by atoms with Crippen LogP contribution in [0.25, 0.3) is 0 Å². The van der Waals surface area contributed by atoms with Gasteiger partial charge in [-0.1, -0.05) is 29.8 Å². The number of ether oxygens (including phenoxy) is 2. The Morgan fingerprint density at radius 2 is 1.40 bits per heavy atom. The van der Waals surface area contributed by atoms with Crippen molar-refractivity contribution in [1.82, 2.24) is 10.2 Å². The second kappa shape index (κ2) is 8.91. The van der Waals surface area contributed by atoms with Gasteiger partial charge in [-0.3, -0.25) is 4.90 Å². The minimum Gasteiger partial charge on any atom is -0.406 e. The number of hydrogen-bond acceptors (Lipinski definition) is 4. The van der Waals surface area contributed by atoms with Crippen molar-refractivity contribution in [1.29, 1.82) is 0 Å². The largest absolute Gasteiger partial charge is 0.573 e. The van der Waals surface area contributed by atoms with Crippen molar-refractivity contribution in [2.24, 2.45) is 0 Å². The van der Waals surface area contributed by atoms with Crippen molar-refractivity contribution in [2.75, 3.05) is 26.2 Å². The zero-order valence-corrected chi connectivity index (χ0v) is 16.1. The molecule has 3 rings (SSSR count). The molecule has 0 bridgehead atoms. The van der Waals surface area contributed by atoms with Crippen molar-refractivity contribution in [2.45, 2.75) is 18.8 Å². The van der Waals surface area contributed by atoms with E-state index < -0.39 is 24.5 Å². The van der Waals surface area contributed by atoms with E-state index in [1.807, 2.05) is 0 Å². The van der Waals surface area contributed by atoms with Gasteiger partial charge in [0.25, 0.3) is 0 Å². The molecule has 0 saturated carbocycles. The molecule has 2 aromatic carbocycles. The molecule has 0 amide bonds. The molecule has 0 spiro atoms. The molecule has 0 radical (unpaired) electrons. The number of halogens is 7. The van der Waals surface area contributed by atoms with Crippen LogP contribution in [0.4, 0.5) is 26.3 Å². The van der Waals surface area contributed by atoms with E-state index in [0.717, 1.165) is 6.07 Å². The van der Waals surface area contributed by atoms with Crippen molar-refractivity contribution in [3.8, 4) is 11.5 Å². The fourth-order valence-electron chi connectivity index (χ4n) is 3.30. The van der Waals surface area contributed by atoms with Crippen molar-refractivity contribution in [3.63, 3.8) is 0 Å². The average molecular weight is 455 g/mol. The Bertz CT molecular complexity index is 852. The summed E-state index contributed by atoms with van der Waals surface area (Å²) in [5.41, 5.74) is 1.23. The van der Waals surface area contributed by atoms with Gasteiger partial charge < -0.3 is 14.8 Å². The third-order valence-electron chi connectivity index (χ3n) is 4.44. The van der Waals surface area contributed by atoms with E-state index >= 15 is 0 Å². The molecule has 1 fully saturated rings. The summed E-state index contributed by atoms with van der Waals surface area (Å²) >= 11 is 6.00. The molecule has 30 heavy (non-hydrogen) atoms. The molecule has 1 aliphatic heterocycles. The molecule has 0 aromatic heterocycles. The molecule has 0 unspecified atom stereocenters. The van der Waals surface area contributed by atoms with Gasteiger partial charge in [0.15, 0.2) is 0 Å². The highest BCUT2D eigenvalue weighted by atomic mass is 35.5. The summed E-state index contributed by atoms with van der Waals surface area (Å²) in [5.74, 6) is -0.891. The fraction of sp³-hybridized carbons (Fsp3) is 0.368. The third kappa shape index (κ3) is 6.16. The van der Waals surface area contributed by atoms with Gasteiger partial charge in [0.1, 0.15) is 11.5 Å². The third-order valence-corrected chi connectivity index (χ3v) is 4.74. The first-order chi connectivity index (χ1) is 14.0. The van der Waals surface area contributed by atoms with E-state index in [1.165, 1.54) is 36.4 Å². The lowest BCUT2D eigenvalue weighted by molar-refractivity contribution is -0.275. The summed E-state index contributed by atoms with van der Waals surface area (Å²) in [7, 11) is 0. The molecule has 0 aliphatic carbocycles. The lowest BCUT2D eigenvalue weighted by Crippen LogP contribution is -2.45. The minimum absolute atomic E-state index is 0.220. The maximum atomic E-state index is 12.5. The maximum Gasteiger partial charge on any atom is 0.573 e. The second-order valence-electron chi connectivity index (χ2n) is 6.54. The summed E-state index contributed by atoms with van der Waals surface area (Å²) in [5, 5.41) is 2.98. The van der Waals surface area contributed by atoms with Crippen LogP contribution in [0, 0.1) is 0 Å². The number of alkyl halides is 6. The predicted octanol–water partition coefficient (Wildman–Crippen LogP) is 5.13. The van der Waals surface area contributed by atoms with Gasteiger partial charge in [-0.05, 0) is 35.4 Å². The zero-order valence-electron chi connectivity index (χ0n) is 15.4. The summed E-state index contributed by atoms with van der Waals surface area (Å²) in [6, 6.07) is 8.89. The normalized spacial score (nSPS) is 16.9. The van der Waals surface area contributed by atoms with E-state index in [2.05, 4.69) is 19.7 Å². The number of nitrogens with one attached hydrogen (secondary N) is 1. The van der Waals surface area contributed by atoms with Crippen LogP contribution in [-0.2, 0) is 0 Å². The van der Waals surface area contributed by atoms with Crippen LogP contribution in [0.1, 0.15) is 17.2 Å². The first kappa shape index (κ1) is 22.5. The van der Waals surface area contributed by atoms with Gasteiger partial charge in [0.05, 0.1) is 11.1 Å². The first-order valence-corrected chi connectivity index (χ1v) is 9.25. The summed E-state index contributed by atoms with van der Waals surface area (Å²) in [6.07, 6.45) is -9.68. The average Bonchev–Trinajstić information content (AvgIpc) is 2.64.